The van der Waals surface area contributed by atoms with Crippen LogP contribution >= 0.6 is 0 Å². The van der Waals surface area contributed by atoms with Crippen molar-refractivity contribution < 1.29 is 32.6 Å². The summed E-state index contributed by atoms with van der Waals surface area (Å²) in [6.45, 7) is 7.16. The van der Waals surface area contributed by atoms with Crippen molar-refractivity contribution in [1.82, 2.24) is 4.90 Å². The van der Waals surface area contributed by atoms with E-state index in [-0.39, 0.29) is 24.1 Å². The number of likely N-dealkylation sites (tertiary alicyclic amines) is 1. The topological polar surface area (TPSA) is 68.9 Å². The predicted molar refractivity (Wildman–Crippen MR) is 125 cm³/mol. The first kappa shape index (κ1) is 24.9. The summed E-state index contributed by atoms with van der Waals surface area (Å²) in [6, 6.07) is 9.28. The fraction of sp³-hybridized carbons (Fsp3) is 0.520. The number of pyridine rings is 1. The highest BCUT2D eigenvalue weighted by molar-refractivity contribution is 5.79. The molecule has 7 nitrogen and oxygen atoms in total. The van der Waals surface area contributed by atoms with E-state index in [2.05, 4.69) is 21.9 Å². The van der Waals surface area contributed by atoms with Gasteiger partial charge in [-0.1, -0.05) is 19.1 Å². The van der Waals surface area contributed by atoms with Crippen LogP contribution in [0, 0.1) is 12.8 Å². The molecule has 2 fully saturated rings. The monoisotopic (exact) mass is 493 g/mol. The second-order valence-corrected chi connectivity index (χ2v) is 9.56. The van der Waals surface area contributed by atoms with Crippen LogP contribution in [0.1, 0.15) is 37.4 Å². The third-order valence-electron chi connectivity index (χ3n) is 6.76. The third kappa shape index (κ3) is 6.49. The lowest BCUT2D eigenvalue weighted by molar-refractivity contribution is -0.897. The van der Waals surface area contributed by atoms with Crippen molar-refractivity contribution in [3.8, 4) is 5.75 Å². The smallest absolute Gasteiger partial charge is 0.406 e. The Balaban J connectivity index is 1.34. The molecule has 2 aliphatic heterocycles. The molecule has 190 valence electrons. The number of nitrogens with zero attached hydrogens (tertiary/aromatic N) is 3. The number of hydrogen-bond donors (Lipinski definition) is 2. The van der Waals surface area contributed by atoms with Crippen LogP contribution in [0.15, 0.2) is 36.4 Å². The molecule has 0 aliphatic carbocycles. The molecule has 2 N–H and O–H groups in total. The predicted octanol–water partition coefficient (Wildman–Crippen LogP) is 3.91. The molecule has 4 rings (SSSR count). The van der Waals surface area contributed by atoms with Crippen LogP contribution in [-0.4, -0.2) is 54.6 Å². The SMILES string of the molecule is Cc1cc(N2CCC(C)CC2)cc(N[C@H]2CCN(C(=O)Cc3ccc(OC(F)(F)F)cc3)C2)[n+]1O. The number of aryl methyl sites for hydroxylation is 1. The molecule has 35 heavy (non-hydrogen) atoms. The van der Waals surface area contributed by atoms with Crippen molar-refractivity contribution in [2.24, 2.45) is 5.92 Å². The lowest BCUT2D eigenvalue weighted by Crippen LogP contribution is -2.42. The van der Waals surface area contributed by atoms with Gasteiger partial charge in [-0.25, -0.2) is 0 Å². The van der Waals surface area contributed by atoms with Gasteiger partial charge in [-0.2, -0.15) is 0 Å². The minimum absolute atomic E-state index is 0.0176. The fourth-order valence-corrected chi connectivity index (χ4v) is 4.67. The van der Waals surface area contributed by atoms with E-state index in [1.807, 2.05) is 19.1 Å². The Bertz CT molecular complexity index is 1040. The molecule has 0 saturated carbocycles. The standard InChI is InChI=1S/C25H31F3N4O3/c1-17-7-10-30(11-8-17)21-13-18(2)32(34)23(15-21)29-20-9-12-31(16-20)24(33)14-19-3-5-22(6-4-19)35-25(26,27)28/h3-6,13,15,17,20,34H,7-12,14,16H2,1-2H3/p+1/t20-/m0/s1. The number of aromatic nitrogens is 1. The van der Waals surface area contributed by atoms with Crippen LogP contribution in [-0.2, 0) is 11.2 Å². The number of anilines is 2. The number of nitrogens with one attached hydrogen (secondary N) is 1. The van der Waals surface area contributed by atoms with Crippen LogP contribution in [0.3, 0.4) is 0 Å². The van der Waals surface area contributed by atoms with E-state index >= 15 is 0 Å². The molecular weight excluding hydrogens is 461 g/mol. The van der Waals surface area contributed by atoms with E-state index in [9.17, 15) is 23.2 Å². The molecule has 0 spiro atoms. The minimum atomic E-state index is -4.74. The summed E-state index contributed by atoms with van der Waals surface area (Å²) < 4.78 is 42.0. The number of hydrogen-bond acceptors (Lipinski definition) is 5. The van der Waals surface area contributed by atoms with Gasteiger partial charge in [0.2, 0.25) is 5.91 Å². The van der Waals surface area contributed by atoms with Crippen LogP contribution in [0.4, 0.5) is 24.7 Å². The molecule has 0 radical (unpaired) electrons. The largest absolute Gasteiger partial charge is 0.573 e. The van der Waals surface area contributed by atoms with Crippen molar-refractivity contribution in [3.63, 3.8) is 0 Å². The van der Waals surface area contributed by atoms with Gasteiger partial charge < -0.3 is 19.7 Å². The summed E-state index contributed by atoms with van der Waals surface area (Å²) in [5.74, 6) is 0.916. The lowest BCUT2D eigenvalue weighted by Gasteiger charge is -2.32. The normalized spacial score (nSPS) is 19.2. The van der Waals surface area contributed by atoms with Crippen molar-refractivity contribution >= 4 is 17.4 Å². The van der Waals surface area contributed by atoms with Crippen LogP contribution < -0.4 is 19.7 Å². The zero-order valence-corrected chi connectivity index (χ0v) is 20.0. The number of rotatable bonds is 6. The minimum Gasteiger partial charge on any atom is -0.406 e. The number of piperidine rings is 1. The summed E-state index contributed by atoms with van der Waals surface area (Å²) in [5, 5.41) is 13.9. The number of benzene rings is 1. The zero-order valence-electron chi connectivity index (χ0n) is 20.0. The highest BCUT2D eigenvalue weighted by Gasteiger charge is 2.32. The van der Waals surface area contributed by atoms with Gasteiger partial charge in [-0.05, 0) is 41.2 Å². The lowest BCUT2D eigenvalue weighted by atomic mass is 9.99. The Morgan fingerprint density at radius 2 is 1.83 bits per heavy atom. The summed E-state index contributed by atoms with van der Waals surface area (Å²) in [5.41, 5.74) is 2.42. The second kappa shape index (κ2) is 10.2. The molecule has 1 atom stereocenters. The Hall–Kier alpha value is -3.17. The van der Waals surface area contributed by atoms with Gasteiger partial charge in [-0.15, -0.1) is 13.2 Å². The van der Waals surface area contributed by atoms with Crippen molar-refractivity contribution in [3.05, 3.63) is 47.7 Å². The Morgan fingerprint density at radius 1 is 1.14 bits per heavy atom. The van der Waals surface area contributed by atoms with Gasteiger partial charge in [0.25, 0.3) is 0 Å². The molecular formula is C25H32F3N4O3+. The Kier molecular flexibility index (Phi) is 7.28. The molecule has 1 aromatic carbocycles. The van der Waals surface area contributed by atoms with Crippen LogP contribution in [0.2, 0.25) is 0 Å². The van der Waals surface area contributed by atoms with Gasteiger partial charge in [-0.3, -0.25) is 10.1 Å². The maximum Gasteiger partial charge on any atom is 0.573 e. The van der Waals surface area contributed by atoms with E-state index in [0.717, 1.165) is 54.4 Å². The molecule has 10 heteroatoms. The number of ether oxygens (including phenoxy) is 1. The number of halogens is 3. The third-order valence-corrected chi connectivity index (χ3v) is 6.76. The van der Waals surface area contributed by atoms with Crippen molar-refractivity contribution in [1.29, 1.82) is 0 Å². The van der Waals surface area contributed by atoms with Crippen LogP contribution in [0.5, 0.6) is 5.75 Å². The summed E-state index contributed by atoms with van der Waals surface area (Å²) in [7, 11) is 0. The van der Waals surface area contributed by atoms with Gasteiger partial charge >= 0.3 is 12.2 Å². The van der Waals surface area contributed by atoms with Crippen LogP contribution in [0.25, 0.3) is 0 Å². The molecule has 3 heterocycles. The molecule has 1 amide bonds. The first-order chi connectivity index (χ1) is 16.6. The van der Waals surface area contributed by atoms with E-state index in [1.165, 1.54) is 24.3 Å². The maximum atomic E-state index is 12.8. The molecule has 0 bridgehead atoms. The maximum absolute atomic E-state index is 12.8. The van der Waals surface area contributed by atoms with Gasteiger partial charge in [0.15, 0.2) is 0 Å². The second-order valence-electron chi connectivity index (χ2n) is 9.56. The molecule has 0 unspecified atom stereocenters. The van der Waals surface area contributed by atoms with E-state index in [1.54, 1.807) is 4.90 Å². The van der Waals surface area contributed by atoms with E-state index < -0.39 is 6.36 Å². The number of alkyl halides is 3. The average Bonchev–Trinajstić information content (AvgIpc) is 3.26. The van der Waals surface area contributed by atoms with E-state index in [0.29, 0.717) is 24.5 Å². The Morgan fingerprint density at radius 3 is 2.49 bits per heavy atom. The molecule has 2 saturated heterocycles. The van der Waals surface area contributed by atoms with Crippen molar-refractivity contribution in [2.45, 2.75) is 51.9 Å². The van der Waals surface area contributed by atoms with E-state index in [4.69, 9.17) is 0 Å². The quantitative estimate of drug-likeness (QED) is 0.472. The Labute approximate surface area is 203 Å². The van der Waals surface area contributed by atoms with Gasteiger partial charge in [0.1, 0.15) is 17.5 Å². The first-order valence-corrected chi connectivity index (χ1v) is 12.0. The molecule has 2 aromatic rings. The molecule has 2 aliphatic rings. The highest BCUT2D eigenvalue weighted by Crippen LogP contribution is 2.26. The fourth-order valence-electron chi connectivity index (χ4n) is 4.67. The summed E-state index contributed by atoms with van der Waals surface area (Å²) in [4.78, 5) is 16.8. The first-order valence-electron chi connectivity index (χ1n) is 12.0. The van der Waals surface area contributed by atoms with Crippen molar-refractivity contribution in [2.75, 3.05) is 36.4 Å². The summed E-state index contributed by atoms with van der Waals surface area (Å²) in [6.07, 6.45) is -1.62. The number of carbonyl (C=O) groups is 1. The zero-order chi connectivity index (χ0) is 25.2. The molecule has 1 aromatic heterocycles. The average molecular weight is 494 g/mol. The van der Waals surface area contributed by atoms with Gasteiger partial charge in [0, 0.05) is 44.7 Å². The summed E-state index contributed by atoms with van der Waals surface area (Å²) >= 11 is 0. The number of amides is 1. The number of carbonyl (C=O) groups excluding carboxylic acids is 1. The van der Waals surface area contributed by atoms with Gasteiger partial charge in [0.05, 0.1) is 19.0 Å². The highest BCUT2D eigenvalue weighted by atomic mass is 19.4.